The van der Waals surface area contributed by atoms with E-state index >= 15 is 0 Å². The van der Waals surface area contributed by atoms with Crippen molar-refractivity contribution in [1.29, 1.82) is 0 Å². The van der Waals surface area contributed by atoms with Gasteiger partial charge in [-0.1, -0.05) is 82.5 Å². The highest BCUT2D eigenvalue weighted by Crippen LogP contribution is 2.23. The van der Waals surface area contributed by atoms with E-state index < -0.39 is 22.0 Å². The van der Waals surface area contributed by atoms with Crippen molar-refractivity contribution < 1.29 is 18.0 Å². The van der Waals surface area contributed by atoms with Gasteiger partial charge in [-0.25, -0.2) is 8.42 Å². The van der Waals surface area contributed by atoms with Gasteiger partial charge in [0.05, 0.1) is 11.9 Å². The topological polar surface area (TPSA) is 86.8 Å². The molecule has 0 aliphatic heterocycles. The number of benzene rings is 2. The Morgan fingerprint density at radius 1 is 0.973 bits per heavy atom. The van der Waals surface area contributed by atoms with Gasteiger partial charge in [0.2, 0.25) is 21.8 Å². The normalized spacial score (nSPS) is 15.3. The third-order valence-electron chi connectivity index (χ3n) is 7.06. The van der Waals surface area contributed by atoms with Crippen LogP contribution < -0.4 is 9.62 Å². The molecule has 1 aliphatic carbocycles. The van der Waals surface area contributed by atoms with Gasteiger partial charge in [0.15, 0.2) is 0 Å². The van der Waals surface area contributed by atoms with Crippen LogP contribution in [0.25, 0.3) is 0 Å². The summed E-state index contributed by atoms with van der Waals surface area (Å²) in [5.41, 5.74) is 2.39. The van der Waals surface area contributed by atoms with E-state index in [1.54, 1.807) is 12.1 Å². The fraction of sp³-hybridized carbons (Fsp3) is 0.517. The molecule has 8 heteroatoms. The lowest BCUT2D eigenvalue weighted by molar-refractivity contribution is -0.140. The number of anilines is 1. The minimum absolute atomic E-state index is 0.121. The van der Waals surface area contributed by atoms with Gasteiger partial charge < -0.3 is 10.2 Å². The molecule has 3 rings (SSSR count). The highest BCUT2D eigenvalue weighted by Gasteiger charge is 2.32. The third kappa shape index (κ3) is 8.06. The first-order valence-corrected chi connectivity index (χ1v) is 15.2. The monoisotopic (exact) mass is 527 g/mol. The zero-order valence-electron chi connectivity index (χ0n) is 22.5. The van der Waals surface area contributed by atoms with Crippen molar-refractivity contribution in [3.8, 4) is 0 Å². The summed E-state index contributed by atoms with van der Waals surface area (Å²) in [5.74, 6) is -0.282. The fourth-order valence-corrected chi connectivity index (χ4v) is 5.73. The first-order chi connectivity index (χ1) is 17.6. The van der Waals surface area contributed by atoms with Gasteiger partial charge >= 0.3 is 0 Å². The lowest BCUT2D eigenvalue weighted by atomic mass is 9.95. The van der Waals surface area contributed by atoms with E-state index in [-0.39, 0.29) is 25.0 Å². The molecule has 0 spiro atoms. The summed E-state index contributed by atoms with van der Waals surface area (Å²) >= 11 is 0. The molecule has 0 aromatic heterocycles. The maximum Gasteiger partial charge on any atom is 0.244 e. The molecule has 1 atom stereocenters. The molecule has 0 saturated heterocycles. The van der Waals surface area contributed by atoms with E-state index in [4.69, 9.17) is 0 Å². The molecule has 2 amide bonds. The highest BCUT2D eigenvalue weighted by atomic mass is 32.2. The molecule has 2 aromatic rings. The van der Waals surface area contributed by atoms with Crippen molar-refractivity contribution in [3.63, 3.8) is 0 Å². The predicted molar refractivity (Wildman–Crippen MR) is 149 cm³/mol. The van der Waals surface area contributed by atoms with Crippen molar-refractivity contribution in [3.05, 3.63) is 65.7 Å². The molecular formula is C29H41N3O4S. The SMILES string of the molecule is CC[C@@H](C(=O)NC1CCCCC1)N(Cc1ccccc1)C(=O)CN(c1ccc(C(C)C)cc1)S(C)(=O)=O. The van der Waals surface area contributed by atoms with Gasteiger partial charge in [0, 0.05) is 12.6 Å². The van der Waals surface area contributed by atoms with Gasteiger partial charge in [-0.05, 0) is 48.4 Å². The molecule has 1 N–H and O–H groups in total. The fourth-order valence-electron chi connectivity index (χ4n) is 4.88. The standard InChI is InChI=1S/C29H41N3O4S/c1-5-27(29(34)30-25-14-10-7-11-15-25)31(20-23-12-8-6-9-13-23)28(33)21-32(37(4,35)36)26-18-16-24(17-19-26)22(2)3/h6,8-9,12-13,16-19,22,25,27H,5,7,10-11,14-15,20-21H2,1-4H3,(H,30,34)/t27-/m0/s1. The van der Waals surface area contributed by atoms with Gasteiger partial charge in [0.25, 0.3) is 0 Å². The van der Waals surface area contributed by atoms with Gasteiger partial charge in [-0.3, -0.25) is 13.9 Å². The van der Waals surface area contributed by atoms with Crippen molar-refractivity contribution in [2.75, 3.05) is 17.1 Å². The van der Waals surface area contributed by atoms with E-state index in [0.717, 1.165) is 47.4 Å². The van der Waals surface area contributed by atoms with Gasteiger partial charge in [-0.15, -0.1) is 0 Å². The minimum Gasteiger partial charge on any atom is -0.352 e. The number of hydrogen-bond acceptors (Lipinski definition) is 4. The molecule has 1 saturated carbocycles. The summed E-state index contributed by atoms with van der Waals surface area (Å²) in [5, 5.41) is 3.16. The molecule has 37 heavy (non-hydrogen) atoms. The van der Waals surface area contributed by atoms with Crippen LogP contribution in [0.1, 0.15) is 76.3 Å². The first-order valence-electron chi connectivity index (χ1n) is 13.3. The van der Waals surface area contributed by atoms with Crippen LogP contribution in [0.5, 0.6) is 0 Å². The van der Waals surface area contributed by atoms with Crippen LogP contribution in [0.2, 0.25) is 0 Å². The van der Waals surface area contributed by atoms with Crippen LogP contribution >= 0.6 is 0 Å². The second kappa shape index (κ2) is 13.1. The largest absolute Gasteiger partial charge is 0.352 e. The molecule has 0 radical (unpaired) electrons. The Labute approximate surface area is 222 Å². The number of hydrogen-bond donors (Lipinski definition) is 1. The Hall–Kier alpha value is -2.87. The maximum atomic E-state index is 13.8. The quantitative estimate of drug-likeness (QED) is 0.453. The molecule has 202 valence electrons. The van der Waals surface area contributed by atoms with Crippen LogP contribution in [0, 0.1) is 0 Å². The Balaban J connectivity index is 1.88. The van der Waals surface area contributed by atoms with Crippen LogP contribution in [0.15, 0.2) is 54.6 Å². The molecule has 2 aromatic carbocycles. The van der Waals surface area contributed by atoms with E-state index in [0.29, 0.717) is 18.0 Å². The lowest BCUT2D eigenvalue weighted by Crippen LogP contribution is -2.53. The number of carbonyl (C=O) groups is 2. The summed E-state index contributed by atoms with van der Waals surface area (Å²) < 4.78 is 26.7. The smallest absolute Gasteiger partial charge is 0.244 e. The minimum atomic E-state index is -3.74. The van der Waals surface area contributed by atoms with Crippen LogP contribution in [0.3, 0.4) is 0 Å². The number of nitrogens with zero attached hydrogens (tertiary/aromatic N) is 2. The van der Waals surface area contributed by atoms with Gasteiger partial charge in [0.1, 0.15) is 12.6 Å². The van der Waals surface area contributed by atoms with E-state index in [1.165, 1.54) is 11.3 Å². The second-order valence-electron chi connectivity index (χ2n) is 10.3. The van der Waals surface area contributed by atoms with Crippen LogP contribution in [0.4, 0.5) is 5.69 Å². The Bertz CT molecular complexity index is 1130. The Morgan fingerprint density at radius 2 is 1.59 bits per heavy atom. The molecule has 1 aliphatic rings. The molecule has 0 bridgehead atoms. The molecule has 0 heterocycles. The summed E-state index contributed by atoms with van der Waals surface area (Å²) in [6, 6.07) is 16.2. The average molecular weight is 528 g/mol. The molecule has 0 unspecified atom stereocenters. The highest BCUT2D eigenvalue weighted by molar-refractivity contribution is 7.92. The Kier molecular flexibility index (Phi) is 10.1. The van der Waals surface area contributed by atoms with Crippen molar-refractivity contribution >= 4 is 27.5 Å². The lowest BCUT2D eigenvalue weighted by Gasteiger charge is -2.34. The Morgan fingerprint density at radius 3 is 2.14 bits per heavy atom. The molecular weight excluding hydrogens is 486 g/mol. The van der Waals surface area contributed by atoms with E-state index in [1.807, 2.05) is 49.4 Å². The van der Waals surface area contributed by atoms with E-state index in [9.17, 15) is 18.0 Å². The summed E-state index contributed by atoms with van der Waals surface area (Å²) in [6.45, 7) is 5.87. The zero-order chi connectivity index (χ0) is 27.0. The maximum absolute atomic E-state index is 13.8. The third-order valence-corrected chi connectivity index (χ3v) is 8.20. The summed E-state index contributed by atoms with van der Waals surface area (Å²) in [6.07, 6.45) is 6.79. The number of nitrogens with one attached hydrogen (secondary N) is 1. The van der Waals surface area contributed by atoms with Crippen LogP contribution in [-0.4, -0.2) is 50.0 Å². The molecule has 7 nitrogen and oxygen atoms in total. The second-order valence-corrected chi connectivity index (χ2v) is 12.2. The number of amides is 2. The van der Waals surface area contributed by atoms with Crippen LogP contribution in [-0.2, 0) is 26.2 Å². The summed E-state index contributed by atoms with van der Waals surface area (Å²) in [7, 11) is -3.74. The summed E-state index contributed by atoms with van der Waals surface area (Å²) in [4.78, 5) is 28.7. The van der Waals surface area contributed by atoms with E-state index in [2.05, 4.69) is 19.2 Å². The zero-order valence-corrected chi connectivity index (χ0v) is 23.3. The number of sulfonamides is 1. The predicted octanol–water partition coefficient (Wildman–Crippen LogP) is 4.83. The van der Waals surface area contributed by atoms with Crippen molar-refractivity contribution in [2.24, 2.45) is 0 Å². The van der Waals surface area contributed by atoms with Crippen molar-refractivity contribution in [2.45, 2.75) is 83.8 Å². The molecule has 1 fully saturated rings. The van der Waals surface area contributed by atoms with Crippen molar-refractivity contribution in [1.82, 2.24) is 10.2 Å². The number of carbonyl (C=O) groups excluding carboxylic acids is 2. The van der Waals surface area contributed by atoms with Gasteiger partial charge in [-0.2, -0.15) is 0 Å². The average Bonchev–Trinajstić information content (AvgIpc) is 2.87. The first kappa shape index (κ1) is 28.7. The number of rotatable bonds is 11.